The second-order valence-corrected chi connectivity index (χ2v) is 4.23. The molecule has 0 saturated heterocycles. The normalized spacial score (nSPS) is 10.1. The van der Waals surface area contributed by atoms with Gasteiger partial charge in [0.1, 0.15) is 5.75 Å². The molecule has 106 valence electrons. The van der Waals surface area contributed by atoms with Gasteiger partial charge in [0.15, 0.2) is 0 Å². The standard InChI is InChI=1S/C14H18N4O2/c1-20-13-6-4-12(5-7-13)17-14(19)15-8-2-10-18-11-3-9-16-18/h3-7,9,11H,2,8,10H2,1H3,(H2,15,17,19). The molecular weight excluding hydrogens is 256 g/mol. The molecule has 0 fully saturated rings. The number of anilines is 1. The van der Waals surface area contributed by atoms with Crippen molar-refractivity contribution in [3.8, 4) is 5.75 Å². The molecule has 0 atom stereocenters. The summed E-state index contributed by atoms with van der Waals surface area (Å²) in [4.78, 5) is 11.7. The number of ether oxygens (including phenoxy) is 1. The number of hydrogen-bond donors (Lipinski definition) is 2. The maximum Gasteiger partial charge on any atom is 0.319 e. The summed E-state index contributed by atoms with van der Waals surface area (Å²) >= 11 is 0. The van der Waals surface area contributed by atoms with Crippen LogP contribution in [-0.2, 0) is 6.54 Å². The van der Waals surface area contributed by atoms with E-state index in [1.54, 1.807) is 37.6 Å². The molecule has 0 saturated carbocycles. The molecule has 1 aromatic carbocycles. The molecule has 6 heteroatoms. The number of amides is 2. The van der Waals surface area contributed by atoms with Crippen LogP contribution in [-0.4, -0.2) is 29.5 Å². The number of aromatic nitrogens is 2. The van der Waals surface area contributed by atoms with Crippen molar-refractivity contribution < 1.29 is 9.53 Å². The van der Waals surface area contributed by atoms with Gasteiger partial charge in [-0.3, -0.25) is 4.68 Å². The van der Waals surface area contributed by atoms with Gasteiger partial charge in [-0.15, -0.1) is 0 Å². The molecule has 1 aromatic heterocycles. The van der Waals surface area contributed by atoms with Crippen molar-refractivity contribution in [2.45, 2.75) is 13.0 Å². The van der Waals surface area contributed by atoms with Gasteiger partial charge in [-0.1, -0.05) is 0 Å². The Morgan fingerprint density at radius 2 is 2.15 bits per heavy atom. The number of carbonyl (C=O) groups is 1. The number of nitrogens with zero attached hydrogens (tertiary/aromatic N) is 2. The van der Waals surface area contributed by atoms with Crippen LogP contribution < -0.4 is 15.4 Å². The average molecular weight is 274 g/mol. The molecule has 2 aromatic rings. The first-order chi connectivity index (χ1) is 9.78. The Hall–Kier alpha value is -2.50. The molecule has 0 aliphatic heterocycles. The van der Waals surface area contributed by atoms with Crippen LogP contribution in [0.25, 0.3) is 0 Å². The van der Waals surface area contributed by atoms with Gasteiger partial charge < -0.3 is 15.4 Å². The van der Waals surface area contributed by atoms with Crippen molar-refractivity contribution in [2.24, 2.45) is 0 Å². The molecule has 6 nitrogen and oxygen atoms in total. The van der Waals surface area contributed by atoms with E-state index in [9.17, 15) is 4.79 Å². The van der Waals surface area contributed by atoms with Gasteiger partial charge >= 0.3 is 6.03 Å². The monoisotopic (exact) mass is 274 g/mol. The fourth-order valence-corrected chi connectivity index (χ4v) is 1.73. The average Bonchev–Trinajstić information content (AvgIpc) is 2.98. The van der Waals surface area contributed by atoms with Gasteiger partial charge in [0.05, 0.1) is 7.11 Å². The topological polar surface area (TPSA) is 68.2 Å². The smallest absolute Gasteiger partial charge is 0.319 e. The molecule has 1 heterocycles. The first-order valence-electron chi connectivity index (χ1n) is 6.44. The fraction of sp³-hybridized carbons (Fsp3) is 0.286. The van der Waals surface area contributed by atoms with E-state index < -0.39 is 0 Å². The Labute approximate surface area is 117 Å². The van der Waals surface area contributed by atoms with Crippen LogP contribution >= 0.6 is 0 Å². The maximum absolute atomic E-state index is 11.7. The molecule has 20 heavy (non-hydrogen) atoms. The summed E-state index contributed by atoms with van der Waals surface area (Å²) in [5, 5.41) is 9.65. The van der Waals surface area contributed by atoms with Gasteiger partial charge in [-0.05, 0) is 36.8 Å². The molecule has 0 unspecified atom stereocenters. The lowest BCUT2D eigenvalue weighted by Gasteiger charge is -2.08. The SMILES string of the molecule is COc1ccc(NC(=O)NCCCn2cccn2)cc1. The lowest BCUT2D eigenvalue weighted by molar-refractivity contribution is 0.251. The van der Waals surface area contributed by atoms with E-state index in [1.165, 1.54) is 0 Å². The van der Waals surface area contributed by atoms with Crippen LogP contribution in [0.3, 0.4) is 0 Å². The maximum atomic E-state index is 11.7. The van der Waals surface area contributed by atoms with E-state index in [0.717, 1.165) is 24.4 Å². The Kier molecular flexibility index (Phi) is 5.00. The molecular formula is C14H18N4O2. The quantitative estimate of drug-likeness (QED) is 0.793. The fourth-order valence-electron chi connectivity index (χ4n) is 1.73. The predicted octanol–water partition coefficient (Wildman–Crippen LogP) is 2.10. The Balaban J connectivity index is 1.66. The van der Waals surface area contributed by atoms with E-state index in [4.69, 9.17) is 4.74 Å². The summed E-state index contributed by atoms with van der Waals surface area (Å²) < 4.78 is 6.89. The van der Waals surface area contributed by atoms with E-state index in [0.29, 0.717) is 6.54 Å². The molecule has 0 aliphatic carbocycles. The van der Waals surface area contributed by atoms with Crippen molar-refractivity contribution in [2.75, 3.05) is 19.0 Å². The number of nitrogens with one attached hydrogen (secondary N) is 2. The molecule has 2 N–H and O–H groups in total. The Morgan fingerprint density at radius 1 is 1.35 bits per heavy atom. The van der Waals surface area contributed by atoms with Crippen LogP contribution in [0.5, 0.6) is 5.75 Å². The van der Waals surface area contributed by atoms with Crippen molar-refractivity contribution in [3.05, 3.63) is 42.7 Å². The molecule has 0 spiro atoms. The highest BCUT2D eigenvalue weighted by atomic mass is 16.5. The summed E-state index contributed by atoms with van der Waals surface area (Å²) in [5.74, 6) is 0.759. The van der Waals surface area contributed by atoms with Gasteiger partial charge in [-0.25, -0.2) is 4.79 Å². The van der Waals surface area contributed by atoms with E-state index in [-0.39, 0.29) is 6.03 Å². The van der Waals surface area contributed by atoms with Crippen molar-refractivity contribution in [1.29, 1.82) is 0 Å². The number of methoxy groups -OCH3 is 1. The van der Waals surface area contributed by atoms with E-state index >= 15 is 0 Å². The third-order valence-electron chi connectivity index (χ3n) is 2.76. The van der Waals surface area contributed by atoms with Crippen molar-refractivity contribution >= 4 is 11.7 Å². The summed E-state index contributed by atoms with van der Waals surface area (Å²) in [6.07, 6.45) is 4.47. The highest BCUT2D eigenvalue weighted by Crippen LogP contribution is 2.14. The lowest BCUT2D eigenvalue weighted by Crippen LogP contribution is -2.30. The predicted molar refractivity (Wildman–Crippen MR) is 76.9 cm³/mol. The van der Waals surface area contributed by atoms with Gasteiger partial charge in [0.2, 0.25) is 0 Å². The summed E-state index contributed by atoms with van der Waals surface area (Å²) in [7, 11) is 1.61. The number of rotatable bonds is 6. The summed E-state index contributed by atoms with van der Waals surface area (Å²) in [6.45, 7) is 1.39. The zero-order chi connectivity index (χ0) is 14.2. The van der Waals surface area contributed by atoms with Crippen molar-refractivity contribution in [1.82, 2.24) is 15.1 Å². The second kappa shape index (κ2) is 7.18. The van der Waals surface area contributed by atoms with Crippen LogP contribution in [0.2, 0.25) is 0 Å². The number of carbonyl (C=O) groups excluding carboxylic acids is 1. The molecule has 2 amide bonds. The van der Waals surface area contributed by atoms with Gasteiger partial charge in [-0.2, -0.15) is 5.10 Å². The zero-order valence-corrected chi connectivity index (χ0v) is 11.4. The number of urea groups is 1. The Bertz CT molecular complexity index is 523. The number of benzene rings is 1. The zero-order valence-electron chi connectivity index (χ0n) is 11.4. The summed E-state index contributed by atoms with van der Waals surface area (Å²) in [6, 6.07) is 8.85. The first-order valence-corrected chi connectivity index (χ1v) is 6.44. The van der Waals surface area contributed by atoms with Gasteiger partial charge in [0, 0.05) is 31.2 Å². The second-order valence-electron chi connectivity index (χ2n) is 4.23. The lowest BCUT2D eigenvalue weighted by atomic mass is 10.3. The highest BCUT2D eigenvalue weighted by molar-refractivity contribution is 5.89. The van der Waals surface area contributed by atoms with Gasteiger partial charge in [0.25, 0.3) is 0 Å². The number of aryl methyl sites for hydroxylation is 1. The first kappa shape index (κ1) is 13.9. The third kappa shape index (κ3) is 4.31. The molecule has 0 radical (unpaired) electrons. The van der Waals surface area contributed by atoms with Crippen LogP contribution in [0.4, 0.5) is 10.5 Å². The molecule has 2 rings (SSSR count). The summed E-state index contributed by atoms with van der Waals surface area (Å²) in [5.41, 5.74) is 0.732. The largest absolute Gasteiger partial charge is 0.497 e. The van der Waals surface area contributed by atoms with Crippen molar-refractivity contribution in [3.63, 3.8) is 0 Å². The minimum Gasteiger partial charge on any atom is -0.497 e. The third-order valence-corrected chi connectivity index (χ3v) is 2.76. The minimum atomic E-state index is -0.212. The Morgan fingerprint density at radius 3 is 2.80 bits per heavy atom. The van der Waals surface area contributed by atoms with E-state index in [1.807, 2.05) is 16.9 Å². The molecule has 0 aliphatic rings. The number of hydrogen-bond acceptors (Lipinski definition) is 3. The van der Waals surface area contributed by atoms with Crippen LogP contribution in [0, 0.1) is 0 Å². The minimum absolute atomic E-state index is 0.212. The van der Waals surface area contributed by atoms with E-state index in [2.05, 4.69) is 15.7 Å². The highest BCUT2D eigenvalue weighted by Gasteiger charge is 2.01. The van der Waals surface area contributed by atoms with Crippen LogP contribution in [0.15, 0.2) is 42.7 Å². The molecule has 0 bridgehead atoms. The van der Waals surface area contributed by atoms with Crippen LogP contribution in [0.1, 0.15) is 6.42 Å².